The summed E-state index contributed by atoms with van der Waals surface area (Å²) in [6.07, 6.45) is 11.8. The molecule has 0 bridgehead atoms. The molecule has 0 amide bonds. The minimum atomic E-state index is -0.981. The number of hydrogen-bond acceptors (Lipinski definition) is 5. The molecule has 5 N–H and O–H groups in total. The molecule has 0 saturated carbocycles. The molecule has 0 radical (unpaired) electrons. The van der Waals surface area contributed by atoms with Crippen LogP contribution < -0.4 is 0 Å². The van der Waals surface area contributed by atoms with E-state index in [1.54, 1.807) is 0 Å². The maximum atomic E-state index is 9.25. The summed E-state index contributed by atoms with van der Waals surface area (Å²) in [4.78, 5) is 27.8. The van der Waals surface area contributed by atoms with Crippen molar-refractivity contribution in [2.24, 2.45) is 0 Å². The van der Waals surface area contributed by atoms with Crippen LogP contribution in [-0.2, 0) is 14.4 Å². The maximum absolute atomic E-state index is 9.25. The second-order valence-electron chi connectivity index (χ2n) is 4.90. The Morgan fingerprint density at radius 2 is 0.667 bits per heavy atom. The van der Waals surface area contributed by atoms with Crippen LogP contribution >= 0.6 is 0 Å². The Morgan fingerprint density at radius 1 is 0.519 bits per heavy atom. The van der Waals surface area contributed by atoms with Crippen molar-refractivity contribution in [3.8, 4) is 0 Å². The van der Waals surface area contributed by atoms with Crippen LogP contribution in [0.15, 0.2) is 38.0 Å². The SMILES string of the molecule is C=CC(=O)O.C=CC(=O)O.C=CC(=O)O.OCCCCCCCCCCO. The van der Waals surface area contributed by atoms with Gasteiger partial charge in [-0.25, -0.2) is 14.4 Å². The fourth-order valence-corrected chi connectivity index (χ4v) is 1.28. The zero-order valence-electron chi connectivity index (χ0n) is 15.9. The van der Waals surface area contributed by atoms with E-state index in [1.165, 1.54) is 25.7 Å². The molecular weight excluding hydrogens is 356 g/mol. The van der Waals surface area contributed by atoms with Gasteiger partial charge in [0.2, 0.25) is 0 Å². The van der Waals surface area contributed by atoms with Crippen molar-refractivity contribution >= 4 is 17.9 Å². The normalized spacial score (nSPS) is 8.22. The molecule has 158 valence electrons. The minimum absolute atomic E-state index is 0.338. The average Bonchev–Trinajstić information content (AvgIpc) is 2.65. The second kappa shape index (κ2) is 31.3. The number of aliphatic hydroxyl groups excluding tert-OH is 2. The first kappa shape index (κ1) is 32.2. The fraction of sp³-hybridized carbons (Fsp3) is 0.526. The Balaban J connectivity index is -0.000000147. The molecule has 27 heavy (non-hydrogen) atoms. The molecular formula is C19H34O8. The van der Waals surface area contributed by atoms with Crippen LogP contribution in [0.5, 0.6) is 0 Å². The first-order valence-electron chi connectivity index (χ1n) is 8.51. The Labute approximate surface area is 161 Å². The van der Waals surface area contributed by atoms with Gasteiger partial charge >= 0.3 is 17.9 Å². The molecule has 0 saturated heterocycles. The van der Waals surface area contributed by atoms with Gasteiger partial charge in [0.15, 0.2) is 0 Å². The molecule has 0 atom stereocenters. The van der Waals surface area contributed by atoms with Gasteiger partial charge in [-0.3, -0.25) is 0 Å². The summed E-state index contributed by atoms with van der Waals surface area (Å²) >= 11 is 0. The van der Waals surface area contributed by atoms with E-state index >= 15 is 0 Å². The molecule has 0 aromatic carbocycles. The third kappa shape index (κ3) is 69.4. The number of carbonyl (C=O) groups is 3. The number of hydrogen-bond donors (Lipinski definition) is 5. The first-order chi connectivity index (χ1) is 12.7. The smallest absolute Gasteiger partial charge is 0.327 e. The average molecular weight is 390 g/mol. The van der Waals surface area contributed by atoms with Gasteiger partial charge in [0, 0.05) is 31.4 Å². The lowest BCUT2D eigenvalue weighted by Gasteiger charge is -1.99. The first-order valence-corrected chi connectivity index (χ1v) is 8.51. The fourth-order valence-electron chi connectivity index (χ4n) is 1.28. The summed E-state index contributed by atoms with van der Waals surface area (Å²) in [6, 6.07) is 0. The van der Waals surface area contributed by atoms with Gasteiger partial charge in [-0.05, 0) is 12.8 Å². The Kier molecular flexibility index (Phi) is 37.4. The topological polar surface area (TPSA) is 152 Å². The van der Waals surface area contributed by atoms with Crippen LogP contribution in [0.4, 0.5) is 0 Å². The van der Waals surface area contributed by atoms with E-state index in [0.29, 0.717) is 13.2 Å². The largest absolute Gasteiger partial charge is 0.478 e. The predicted octanol–water partition coefficient (Wildman–Crippen LogP) is 2.86. The quantitative estimate of drug-likeness (QED) is 0.252. The number of carboxylic acid groups (broad SMARTS) is 3. The van der Waals surface area contributed by atoms with Crippen LogP contribution in [0.1, 0.15) is 51.4 Å². The number of unbranched alkanes of at least 4 members (excludes halogenated alkanes) is 7. The number of carboxylic acids is 3. The summed E-state index contributed by atoms with van der Waals surface area (Å²) in [5.74, 6) is -2.94. The van der Waals surface area contributed by atoms with Crippen molar-refractivity contribution < 1.29 is 39.9 Å². The molecule has 8 nitrogen and oxygen atoms in total. The zero-order chi connectivity index (χ0) is 21.9. The lowest BCUT2D eigenvalue weighted by atomic mass is 10.1. The highest BCUT2D eigenvalue weighted by Crippen LogP contribution is 2.07. The van der Waals surface area contributed by atoms with Crippen LogP contribution in [0, 0.1) is 0 Å². The number of rotatable bonds is 12. The second-order valence-corrected chi connectivity index (χ2v) is 4.90. The lowest BCUT2D eigenvalue weighted by molar-refractivity contribution is -0.132. The Hall–Kier alpha value is -2.45. The Morgan fingerprint density at radius 3 is 0.778 bits per heavy atom. The summed E-state index contributed by atoms with van der Waals surface area (Å²) in [7, 11) is 0. The molecule has 0 unspecified atom stereocenters. The summed E-state index contributed by atoms with van der Waals surface area (Å²) < 4.78 is 0. The van der Waals surface area contributed by atoms with Gasteiger partial charge in [-0.1, -0.05) is 58.3 Å². The van der Waals surface area contributed by atoms with Crippen molar-refractivity contribution in [3.05, 3.63) is 38.0 Å². The van der Waals surface area contributed by atoms with Crippen molar-refractivity contribution in [3.63, 3.8) is 0 Å². The van der Waals surface area contributed by atoms with E-state index in [0.717, 1.165) is 43.9 Å². The van der Waals surface area contributed by atoms with Gasteiger partial charge < -0.3 is 25.5 Å². The molecule has 0 aromatic heterocycles. The molecule has 0 aliphatic carbocycles. The van der Waals surface area contributed by atoms with Crippen molar-refractivity contribution in [2.75, 3.05) is 13.2 Å². The predicted molar refractivity (Wildman–Crippen MR) is 105 cm³/mol. The van der Waals surface area contributed by atoms with E-state index < -0.39 is 17.9 Å². The molecule has 0 spiro atoms. The zero-order valence-corrected chi connectivity index (χ0v) is 15.9. The van der Waals surface area contributed by atoms with Crippen molar-refractivity contribution in [1.82, 2.24) is 0 Å². The standard InChI is InChI=1S/C10H22O2.3C3H4O2/c11-9-7-5-3-1-2-4-6-8-10-12;3*1-2-3(4)5/h11-12H,1-10H2;3*2H,1H2,(H,4,5). The van der Waals surface area contributed by atoms with Crippen LogP contribution in [0.2, 0.25) is 0 Å². The van der Waals surface area contributed by atoms with E-state index in [9.17, 15) is 14.4 Å². The highest BCUT2D eigenvalue weighted by molar-refractivity contribution is 5.79. The van der Waals surface area contributed by atoms with E-state index in [4.69, 9.17) is 25.5 Å². The monoisotopic (exact) mass is 390 g/mol. The number of aliphatic hydroxyl groups is 2. The van der Waals surface area contributed by atoms with Gasteiger partial charge in [0.05, 0.1) is 0 Å². The minimum Gasteiger partial charge on any atom is -0.478 e. The summed E-state index contributed by atoms with van der Waals surface area (Å²) in [5.41, 5.74) is 0. The highest BCUT2D eigenvalue weighted by atomic mass is 16.4. The maximum Gasteiger partial charge on any atom is 0.327 e. The molecule has 0 rings (SSSR count). The third-order valence-electron chi connectivity index (χ3n) is 2.59. The van der Waals surface area contributed by atoms with Gasteiger partial charge in [-0.2, -0.15) is 0 Å². The van der Waals surface area contributed by atoms with E-state index in [-0.39, 0.29) is 0 Å². The third-order valence-corrected chi connectivity index (χ3v) is 2.59. The molecule has 0 aliphatic heterocycles. The lowest BCUT2D eigenvalue weighted by Crippen LogP contribution is -1.85. The van der Waals surface area contributed by atoms with Crippen molar-refractivity contribution in [1.29, 1.82) is 0 Å². The van der Waals surface area contributed by atoms with Crippen molar-refractivity contribution in [2.45, 2.75) is 51.4 Å². The molecule has 0 aromatic rings. The summed E-state index contributed by atoms with van der Waals surface area (Å²) in [5, 5.41) is 39.8. The molecule has 0 heterocycles. The number of aliphatic carboxylic acids is 3. The molecule has 0 fully saturated rings. The van der Waals surface area contributed by atoms with E-state index in [1.807, 2.05) is 0 Å². The van der Waals surface area contributed by atoms with Gasteiger partial charge in [0.25, 0.3) is 0 Å². The Bertz CT molecular complexity index is 338. The van der Waals surface area contributed by atoms with E-state index in [2.05, 4.69) is 19.7 Å². The summed E-state index contributed by atoms with van der Waals surface area (Å²) in [6.45, 7) is 9.56. The van der Waals surface area contributed by atoms with Gasteiger partial charge in [0.1, 0.15) is 0 Å². The van der Waals surface area contributed by atoms with Crippen LogP contribution in [0.25, 0.3) is 0 Å². The van der Waals surface area contributed by atoms with Crippen LogP contribution in [-0.4, -0.2) is 56.7 Å². The highest BCUT2D eigenvalue weighted by Gasteiger charge is 1.90. The molecule has 0 aliphatic rings. The van der Waals surface area contributed by atoms with Gasteiger partial charge in [-0.15, -0.1) is 0 Å². The van der Waals surface area contributed by atoms with Crippen LogP contribution in [0.3, 0.4) is 0 Å². The molecule has 8 heteroatoms.